The Bertz CT molecular complexity index is 1040. The van der Waals surface area contributed by atoms with Gasteiger partial charge in [-0.05, 0) is 29.3 Å². The first kappa shape index (κ1) is 22.4. The molecule has 0 saturated carbocycles. The lowest BCUT2D eigenvalue weighted by Gasteiger charge is -2.09. The van der Waals surface area contributed by atoms with Crippen LogP contribution < -0.4 is 10.1 Å². The fourth-order valence-electron chi connectivity index (χ4n) is 2.89. The third-order valence-corrected chi connectivity index (χ3v) is 5.49. The first-order valence-corrected chi connectivity index (χ1v) is 10.1. The Hall–Kier alpha value is -3.26. The van der Waals surface area contributed by atoms with Gasteiger partial charge in [0.15, 0.2) is 0 Å². The summed E-state index contributed by atoms with van der Waals surface area (Å²) in [6, 6.07) is 17.0. The van der Waals surface area contributed by atoms with E-state index in [0.29, 0.717) is 39.8 Å². The topological polar surface area (TPSA) is 58.6 Å². The molecule has 3 aromatic rings. The van der Waals surface area contributed by atoms with Crippen molar-refractivity contribution in [2.75, 3.05) is 0 Å². The molecule has 0 saturated heterocycles. The number of hydrogen-bond acceptors (Lipinski definition) is 4. The second-order valence-electron chi connectivity index (χ2n) is 6.78. The number of carbonyl (C=O) groups is 1. The molecule has 0 aliphatic rings. The number of benzene rings is 2. The molecule has 162 valence electrons. The molecule has 8 heteroatoms. The number of ether oxygens (including phenoxy) is 1. The van der Waals surface area contributed by atoms with Gasteiger partial charge in [-0.25, -0.2) is 0 Å². The predicted molar refractivity (Wildman–Crippen MR) is 114 cm³/mol. The molecule has 0 fully saturated rings. The van der Waals surface area contributed by atoms with Gasteiger partial charge >= 0.3 is 12.1 Å². The lowest BCUT2D eigenvalue weighted by atomic mass is 10.1. The Labute approximate surface area is 181 Å². The van der Waals surface area contributed by atoms with Gasteiger partial charge in [0.05, 0.1) is 6.42 Å². The zero-order valence-corrected chi connectivity index (χ0v) is 17.2. The minimum Gasteiger partial charge on any atom is -0.488 e. The second-order valence-corrected chi connectivity index (χ2v) is 7.92. The van der Waals surface area contributed by atoms with Gasteiger partial charge in [0.25, 0.3) is 0 Å². The average Bonchev–Trinajstić information content (AvgIpc) is 3.17. The summed E-state index contributed by atoms with van der Waals surface area (Å²) in [6.07, 6.45) is -4.60. The molecule has 0 radical (unpaired) electrons. The van der Waals surface area contributed by atoms with Gasteiger partial charge < -0.3 is 15.2 Å². The molecule has 0 spiro atoms. The summed E-state index contributed by atoms with van der Waals surface area (Å²) in [4.78, 5) is 10.5. The van der Waals surface area contributed by atoms with Crippen LogP contribution in [0.3, 0.4) is 0 Å². The van der Waals surface area contributed by atoms with Gasteiger partial charge in [0, 0.05) is 22.7 Å². The van der Waals surface area contributed by atoms with E-state index in [0.717, 1.165) is 5.56 Å². The molecule has 2 N–H and O–H groups in total. The van der Waals surface area contributed by atoms with Crippen molar-refractivity contribution >= 4 is 17.3 Å². The van der Waals surface area contributed by atoms with Gasteiger partial charge in [-0.2, -0.15) is 13.2 Å². The molecule has 31 heavy (non-hydrogen) atoms. The minimum atomic E-state index is -4.44. The number of nitrogens with one attached hydrogen (secondary N) is 1. The van der Waals surface area contributed by atoms with Crippen LogP contribution in [-0.2, 0) is 24.1 Å². The fraction of sp³-hybridized carbons (Fsp3) is 0.174. The van der Waals surface area contributed by atoms with E-state index in [-0.39, 0.29) is 18.6 Å². The lowest BCUT2D eigenvalue weighted by molar-refractivity contribution is -0.136. The van der Waals surface area contributed by atoms with Crippen LogP contribution >= 0.6 is 11.3 Å². The first-order chi connectivity index (χ1) is 14.7. The van der Waals surface area contributed by atoms with E-state index in [9.17, 15) is 18.0 Å². The highest BCUT2D eigenvalue weighted by atomic mass is 32.1. The van der Waals surface area contributed by atoms with Crippen molar-refractivity contribution in [2.45, 2.75) is 25.7 Å². The van der Waals surface area contributed by atoms with Crippen molar-refractivity contribution < 1.29 is 27.8 Å². The summed E-state index contributed by atoms with van der Waals surface area (Å²) in [5, 5.41) is 11.6. The summed E-state index contributed by atoms with van der Waals surface area (Å²) < 4.78 is 46.1. The number of aliphatic carboxylic acids is 1. The zero-order valence-electron chi connectivity index (χ0n) is 16.4. The standard InChI is InChI=1S/C23H20F3NO3S/c1-15(11-21(28)29)27-13-16-7-9-18(10-8-16)30-14-19-12-20(17-5-3-2-4-6-17)22(31-19)23(24,25)26/h2-10,12,27H,1,11,13-14H2,(H,28,29). The Morgan fingerprint density at radius 3 is 2.39 bits per heavy atom. The Morgan fingerprint density at radius 2 is 1.77 bits per heavy atom. The van der Waals surface area contributed by atoms with E-state index in [4.69, 9.17) is 9.84 Å². The SMILES string of the molecule is C=C(CC(=O)O)NCc1ccc(OCc2cc(-c3ccccc3)c(C(F)(F)F)s2)cc1. The Kier molecular flexibility index (Phi) is 7.02. The molecule has 1 aromatic heterocycles. The van der Waals surface area contributed by atoms with E-state index >= 15 is 0 Å². The van der Waals surface area contributed by atoms with Crippen molar-refractivity contribution in [2.24, 2.45) is 0 Å². The number of halogens is 3. The van der Waals surface area contributed by atoms with Crippen molar-refractivity contribution in [1.29, 1.82) is 0 Å². The zero-order chi connectivity index (χ0) is 22.4. The maximum absolute atomic E-state index is 13.5. The molecular weight excluding hydrogens is 427 g/mol. The molecule has 0 amide bonds. The lowest BCUT2D eigenvalue weighted by Crippen LogP contribution is -2.14. The molecule has 0 aliphatic heterocycles. The summed E-state index contributed by atoms with van der Waals surface area (Å²) in [5.41, 5.74) is 1.96. The normalized spacial score (nSPS) is 11.2. The van der Waals surface area contributed by atoms with Gasteiger partial charge in [0.1, 0.15) is 17.2 Å². The van der Waals surface area contributed by atoms with Crippen LogP contribution in [0.1, 0.15) is 21.7 Å². The maximum Gasteiger partial charge on any atom is 0.426 e. The molecule has 0 unspecified atom stereocenters. The molecule has 1 heterocycles. The van der Waals surface area contributed by atoms with Crippen LogP contribution in [-0.4, -0.2) is 11.1 Å². The fourth-order valence-corrected chi connectivity index (χ4v) is 3.85. The van der Waals surface area contributed by atoms with Crippen LogP contribution in [0.15, 0.2) is 72.9 Å². The van der Waals surface area contributed by atoms with Crippen molar-refractivity contribution in [1.82, 2.24) is 5.32 Å². The van der Waals surface area contributed by atoms with E-state index in [2.05, 4.69) is 11.9 Å². The van der Waals surface area contributed by atoms with Crippen molar-refractivity contribution in [3.8, 4) is 16.9 Å². The predicted octanol–water partition coefficient (Wildman–Crippen LogP) is 6.09. The molecule has 0 atom stereocenters. The highest BCUT2D eigenvalue weighted by Crippen LogP contribution is 2.43. The number of carboxylic acid groups (broad SMARTS) is 1. The molecular formula is C23H20F3NO3S. The molecule has 2 aromatic carbocycles. The monoisotopic (exact) mass is 447 g/mol. The third kappa shape index (κ3) is 6.36. The van der Waals surface area contributed by atoms with Gasteiger partial charge in [-0.1, -0.05) is 49.0 Å². The summed E-state index contributed by atoms with van der Waals surface area (Å²) in [7, 11) is 0. The number of carboxylic acids is 1. The molecule has 4 nitrogen and oxygen atoms in total. The van der Waals surface area contributed by atoms with Crippen LogP contribution in [0.25, 0.3) is 11.1 Å². The van der Waals surface area contributed by atoms with Gasteiger partial charge in [-0.15, -0.1) is 11.3 Å². The summed E-state index contributed by atoms with van der Waals surface area (Å²) in [5.74, 6) is -0.435. The van der Waals surface area contributed by atoms with Gasteiger partial charge in [-0.3, -0.25) is 4.79 Å². The minimum absolute atomic E-state index is 0.0214. The first-order valence-electron chi connectivity index (χ1n) is 9.33. The Morgan fingerprint density at radius 1 is 1.10 bits per heavy atom. The van der Waals surface area contributed by atoms with Crippen LogP contribution in [0.2, 0.25) is 0 Å². The maximum atomic E-state index is 13.5. The smallest absolute Gasteiger partial charge is 0.426 e. The highest BCUT2D eigenvalue weighted by molar-refractivity contribution is 7.12. The van der Waals surface area contributed by atoms with E-state index in [1.54, 1.807) is 54.6 Å². The van der Waals surface area contributed by atoms with Crippen LogP contribution in [0.5, 0.6) is 5.75 Å². The number of alkyl halides is 3. The number of rotatable bonds is 9. The molecule has 0 bridgehead atoms. The molecule has 3 rings (SSSR count). The van der Waals surface area contributed by atoms with Crippen molar-refractivity contribution in [3.05, 3.63) is 88.3 Å². The molecule has 0 aliphatic carbocycles. The van der Waals surface area contributed by atoms with Gasteiger partial charge in [0.2, 0.25) is 0 Å². The summed E-state index contributed by atoms with van der Waals surface area (Å²) in [6.45, 7) is 4.07. The number of hydrogen-bond donors (Lipinski definition) is 2. The van der Waals surface area contributed by atoms with E-state index in [1.807, 2.05) is 0 Å². The van der Waals surface area contributed by atoms with E-state index in [1.165, 1.54) is 6.07 Å². The summed E-state index contributed by atoms with van der Waals surface area (Å²) >= 11 is 0.682. The number of thiophene rings is 1. The van der Waals surface area contributed by atoms with Crippen LogP contribution in [0.4, 0.5) is 13.2 Å². The third-order valence-electron chi connectivity index (χ3n) is 4.34. The highest BCUT2D eigenvalue weighted by Gasteiger charge is 2.36. The van der Waals surface area contributed by atoms with E-state index < -0.39 is 17.0 Å². The second kappa shape index (κ2) is 9.70. The van der Waals surface area contributed by atoms with Crippen molar-refractivity contribution in [3.63, 3.8) is 0 Å². The largest absolute Gasteiger partial charge is 0.488 e. The quantitative estimate of drug-likeness (QED) is 0.417. The average molecular weight is 447 g/mol. The van der Waals surface area contributed by atoms with Crippen LogP contribution in [0, 0.1) is 0 Å². The Balaban J connectivity index is 1.64.